The Bertz CT molecular complexity index is 362. The average Bonchev–Trinajstić information content (AvgIpc) is 2.36. The fraction of sp³-hybridized carbons (Fsp3) is 0.947. The fourth-order valence-corrected chi connectivity index (χ4v) is 5.19. The molecule has 0 spiro atoms. The van der Waals surface area contributed by atoms with Crippen molar-refractivity contribution >= 4 is 5.97 Å². The molecule has 2 atom stereocenters. The first-order valence-electron chi connectivity index (χ1n) is 8.88. The molecule has 1 N–H and O–H groups in total. The largest absolute Gasteiger partial charge is 0.481 e. The molecule has 2 aliphatic carbocycles. The van der Waals surface area contributed by atoms with Crippen LogP contribution in [0.3, 0.4) is 0 Å². The van der Waals surface area contributed by atoms with Gasteiger partial charge in [-0.05, 0) is 74.0 Å². The van der Waals surface area contributed by atoms with E-state index in [0.29, 0.717) is 29.1 Å². The Hall–Kier alpha value is -0.530. The molecule has 2 fully saturated rings. The molecule has 0 bridgehead atoms. The summed E-state index contributed by atoms with van der Waals surface area (Å²) < 4.78 is 0. The first-order chi connectivity index (χ1) is 9.65. The normalized spacial score (nSPS) is 41.8. The van der Waals surface area contributed by atoms with Crippen LogP contribution in [0, 0.1) is 34.5 Å². The van der Waals surface area contributed by atoms with E-state index >= 15 is 0 Å². The Kier molecular flexibility index (Phi) is 4.75. The summed E-state index contributed by atoms with van der Waals surface area (Å²) in [6, 6.07) is 0. The quantitative estimate of drug-likeness (QED) is 0.743. The molecular weight excluding hydrogens is 260 g/mol. The molecule has 0 amide bonds. The van der Waals surface area contributed by atoms with Crippen molar-refractivity contribution in [1.29, 1.82) is 0 Å². The van der Waals surface area contributed by atoms with E-state index in [0.717, 1.165) is 38.5 Å². The van der Waals surface area contributed by atoms with Gasteiger partial charge in [0, 0.05) is 0 Å². The third-order valence-electron chi connectivity index (χ3n) is 6.49. The van der Waals surface area contributed by atoms with Crippen LogP contribution in [0.25, 0.3) is 0 Å². The molecule has 2 aliphatic rings. The van der Waals surface area contributed by atoms with Crippen LogP contribution in [0.15, 0.2) is 0 Å². The lowest BCUT2D eigenvalue weighted by Gasteiger charge is -2.48. The monoisotopic (exact) mass is 294 g/mol. The zero-order valence-corrected chi connectivity index (χ0v) is 14.6. The Morgan fingerprint density at radius 1 is 1.00 bits per heavy atom. The van der Waals surface area contributed by atoms with Gasteiger partial charge in [0.15, 0.2) is 0 Å². The number of hydrogen-bond donors (Lipinski definition) is 1. The molecule has 0 saturated heterocycles. The highest BCUT2D eigenvalue weighted by Crippen LogP contribution is 2.53. The highest BCUT2D eigenvalue weighted by molar-refractivity contribution is 5.75. The van der Waals surface area contributed by atoms with E-state index in [1.54, 1.807) is 0 Å². The second-order valence-electron chi connectivity index (χ2n) is 9.22. The van der Waals surface area contributed by atoms with Crippen molar-refractivity contribution in [2.45, 2.75) is 79.6 Å². The van der Waals surface area contributed by atoms with Crippen LogP contribution in [0.5, 0.6) is 0 Å². The predicted molar refractivity (Wildman–Crippen MR) is 87.2 cm³/mol. The lowest BCUT2D eigenvalue weighted by atomic mass is 9.55. The van der Waals surface area contributed by atoms with E-state index in [4.69, 9.17) is 0 Å². The molecule has 122 valence electrons. The minimum Gasteiger partial charge on any atom is -0.481 e. The molecule has 21 heavy (non-hydrogen) atoms. The van der Waals surface area contributed by atoms with Crippen LogP contribution in [0.2, 0.25) is 0 Å². The number of hydrogen-bond acceptors (Lipinski definition) is 1. The van der Waals surface area contributed by atoms with Crippen molar-refractivity contribution in [2.75, 3.05) is 0 Å². The Balaban J connectivity index is 2.14. The third kappa shape index (κ3) is 3.46. The summed E-state index contributed by atoms with van der Waals surface area (Å²) >= 11 is 0. The van der Waals surface area contributed by atoms with E-state index in [9.17, 15) is 9.90 Å². The second kappa shape index (κ2) is 5.93. The Morgan fingerprint density at radius 3 is 1.86 bits per heavy atom. The highest BCUT2D eigenvalue weighted by atomic mass is 16.4. The summed E-state index contributed by atoms with van der Waals surface area (Å²) in [5.41, 5.74) is -0.109. The predicted octanol–water partition coefficient (Wildman–Crippen LogP) is 5.37. The molecule has 0 aromatic carbocycles. The van der Waals surface area contributed by atoms with Crippen LogP contribution >= 0.6 is 0 Å². The van der Waals surface area contributed by atoms with Crippen LogP contribution in [-0.4, -0.2) is 11.1 Å². The van der Waals surface area contributed by atoms with Crippen molar-refractivity contribution in [3.63, 3.8) is 0 Å². The number of carboxylic acid groups (broad SMARTS) is 1. The Morgan fingerprint density at radius 2 is 1.48 bits per heavy atom. The smallest absolute Gasteiger partial charge is 0.309 e. The minimum atomic E-state index is -0.513. The van der Waals surface area contributed by atoms with Gasteiger partial charge in [-0.3, -0.25) is 4.79 Å². The van der Waals surface area contributed by atoms with Gasteiger partial charge in [-0.15, -0.1) is 0 Å². The molecule has 2 heteroatoms. The van der Waals surface area contributed by atoms with Gasteiger partial charge in [-0.1, -0.05) is 34.6 Å². The summed E-state index contributed by atoms with van der Waals surface area (Å²) in [5.74, 6) is 1.95. The summed E-state index contributed by atoms with van der Waals surface area (Å²) in [7, 11) is 0. The van der Waals surface area contributed by atoms with Gasteiger partial charge < -0.3 is 5.11 Å². The van der Waals surface area contributed by atoms with Gasteiger partial charge in [0.2, 0.25) is 0 Å². The van der Waals surface area contributed by atoms with Crippen molar-refractivity contribution < 1.29 is 9.90 Å². The van der Waals surface area contributed by atoms with Gasteiger partial charge in [0.25, 0.3) is 0 Å². The topological polar surface area (TPSA) is 37.3 Å². The molecule has 2 nitrogen and oxygen atoms in total. The number of aliphatic carboxylic acids is 1. The lowest BCUT2D eigenvalue weighted by molar-refractivity contribution is -0.159. The number of rotatable bonds is 2. The molecule has 2 rings (SSSR count). The van der Waals surface area contributed by atoms with Crippen LogP contribution in [-0.2, 0) is 4.79 Å². The molecular formula is C19H34O2. The fourth-order valence-electron chi connectivity index (χ4n) is 5.19. The molecule has 0 aromatic heterocycles. The lowest BCUT2D eigenvalue weighted by Crippen LogP contribution is -2.45. The molecule has 2 unspecified atom stereocenters. The van der Waals surface area contributed by atoms with Gasteiger partial charge >= 0.3 is 5.97 Å². The first kappa shape index (κ1) is 16.8. The third-order valence-corrected chi connectivity index (χ3v) is 6.49. The minimum absolute atomic E-state index is 0.317. The van der Waals surface area contributed by atoms with E-state index in [2.05, 4.69) is 34.6 Å². The maximum atomic E-state index is 12.1. The average molecular weight is 294 g/mol. The van der Waals surface area contributed by atoms with Crippen LogP contribution < -0.4 is 0 Å². The summed E-state index contributed by atoms with van der Waals surface area (Å²) in [6.45, 7) is 11.5. The maximum absolute atomic E-state index is 12.1. The van der Waals surface area contributed by atoms with Crippen LogP contribution in [0.4, 0.5) is 0 Å². The van der Waals surface area contributed by atoms with Gasteiger partial charge in [0.1, 0.15) is 0 Å². The van der Waals surface area contributed by atoms with Gasteiger partial charge in [-0.2, -0.15) is 0 Å². The second-order valence-corrected chi connectivity index (χ2v) is 9.22. The van der Waals surface area contributed by atoms with Gasteiger partial charge in [-0.25, -0.2) is 0 Å². The highest BCUT2D eigenvalue weighted by Gasteiger charge is 2.50. The molecule has 0 aliphatic heterocycles. The molecule has 0 aromatic rings. The molecule has 2 saturated carbocycles. The van der Waals surface area contributed by atoms with Crippen molar-refractivity contribution in [2.24, 2.45) is 34.5 Å². The van der Waals surface area contributed by atoms with Crippen molar-refractivity contribution in [3.05, 3.63) is 0 Å². The zero-order chi connectivity index (χ0) is 15.8. The standard InChI is InChI=1S/C19H34O2/c1-13-10-14(2)12-16(11-13)19(17(20)21)8-6-15(7-9-19)18(3,4)5/h13-16H,6-12H2,1-5H3,(H,20,21). The van der Waals surface area contributed by atoms with Gasteiger partial charge in [0.05, 0.1) is 5.41 Å². The molecule has 0 heterocycles. The summed E-state index contributed by atoms with van der Waals surface area (Å²) in [4.78, 5) is 12.1. The van der Waals surface area contributed by atoms with E-state index in [1.807, 2.05) is 0 Å². The zero-order valence-electron chi connectivity index (χ0n) is 14.6. The van der Waals surface area contributed by atoms with Crippen molar-refractivity contribution in [3.8, 4) is 0 Å². The maximum Gasteiger partial charge on any atom is 0.309 e. The summed E-state index contributed by atoms with van der Waals surface area (Å²) in [6.07, 6.45) is 7.50. The Labute approximate surface area is 130 Å². The van der Waals surface area contributed by atoms with E-state index in [1.165, 1.54) is 6.42 Å². The molecule has 0 radical (unpaired) electrons. The first-order valence-corrected chi connectivity index (χ1v) is 8.88. The van der Waals surface area contributed by atoms with E-state index < -0.39 is 11.4 Å². The summed E-state index contributed by atoms with van der Waals surface area (Å²) in [5, 5.41) is 10.0. The van der Waals surface area contributed by atoms with Crippen LogP contribution in [0.1, 0.15) is 79.6 Å². The van der Waals surface area contributed by atoms with Crippen molar-refractivity contribution in [1.82, 2.24) is 0 Å². The SMILES string of the molecule is CC1CC(C)CC(C2(C(=O)O)CCC(C(C)(C)C)CC2)C1. The van der Waals surface area contributed by atoms with E-state index in [-0.39, 0.29) is 0 Å². The number of carboxylic acids is 1. The number of carbonyl (C=O) groups is 1.